The Morgan fingerprint density at radius 1 is 1.44 bits per heavy atom. The molecule has 0 saturated carbocycles. The van der Waals surface area contributed by atoms with Crippen molar-refractivity contribution < 1.29 is 8.42 Å². The molecule has 0 aliphatic carbocycles. The van der Waals surface area contributed by atoms with Crippen molar-refractivity contribution in [2.75, 3.05) is 0 Å². The minimum atomic E-state index is -3.77. The molecule has 1 heterocycles. The molecule has 0 bridgehead atoms. The quantitative estimate of drug-likeness (QED) is 0.806. The molecule has 1 rings (SSSR count). The standard InChI is InChI=1S/C13H20N2O2S/c1-3-5-6-8-11(4-2)12-9-7-10-15-13(12)18(14,16)17/h4,7,9-10H,3,5-6,8H2,1-2H3,(H2,14,16,17). The predicted octanol–water partition coefficient (Wildman–Crippen LogP) is 2.71. The van der Waals surface area contributed by atoms with Crippen LogP contribution >= 0.6 is 0 Å². The van der Waals surface area contributed by atoms with E-state index in [0.29, 0.717) is 5.56 Å². The smallest absolute Gasteiger partial charge is 0.243 e. The molecule has 0 aromatic carbocycles. The van der Waals surface area contributed by atoms with Crippen molar-refractivity contribution in [3.05, 3.63) is 30.0 Å². The van der Waals surface area contributed by atoms with Crippen LogP contribution in [0.3, 0.4) is 0 Å². The second kappa shape index (κ2) is 6.66. The molecule has 0 saturated heterocycles. The van der Waals surface area contributed by atoms with Gasteiger partial charge >= 0.3 is 0 Å². The number of hydrogen-bond acceptors (Lipinski definition) is 3. The van der Waals surface area contributed by atoms with Crippen LogP contribution in [0.4, 0.5) is 0 Å². The van der Waals surface area contributed by atoms with Crippen molar-refractivity contribution in [2.45, 2.75) is 44.6 Å². The maximum absolute atomic E-state index is 11.5. The van der Waals surface area contributed by atoms with E-state index in [9.17, 15) is 8.42 Å². The highest BCUT2D eigenvalue weighted by Gasteiger charge is 2.17. The van der Waals surface area contributed by atoms with Crippen molar-refractivity contribution >= 4 is 15.6 Å². The van der Waals surface area contributed by atoms with Crippen LogP contribution < -0.4 is 5.14 Å². The molecule has 18 heavy (non-hydrogen) atoms. The number of primary sulfonamides is 1. The summed E-state index contributed by atoms with van der Waals surface area (Å²) in [6, 6.07) is 3.49. The number of pyridine rings is 1. The zero-order valence-corrected chi connectivity index (χ0v) is 11.7. The molecule has 100 valence electrons. The number of nitrogens with zero attached hydrogens (tertiary/aromatic N) is 1. The fourth-order valence-electron chi connectivity index (χ4n) is 1.86. The third kappa shape index (κ3) is 3.92. The summed E-state index contributed by atoms with van der Waals surface area (Å²) in [6.45, 7) is 4.04. The summed E-state index contributed by atoms with van der Waals surface area (Å²) in [5, 5.41) is 5.15. The van der Waals surface area contributed by atoms with Gasteiger partial charge in [0.1, 0.15) is 0 Å². The summed E-state index contributed by atoms with van der Waals surface area (Å²) in [5.41, 5.74) is 1.61. The number of hydrogen-bond donors (Lipinski definition) is 1. The molecule has 5 heteroatoms. The molecule has 0 fully saturated rings. The molecule has 1 aromatic rings. The molecule has 0 amide bonds. The fraction of sp³-hybridized carbons (Fsp3) is 0.462. The SMILES string of the molecule is CC=C(CCCCC)c1cccnc1S(N)(=O)=O. The molecule has 0 unspecified atom stereocenters. The normalized spacial score (nSPS) is 12.7. The van der Waals surface area contributed by atoms with Gasteiger partial charge in [-0.25, -0.2) is 18.5 Å². The first kappa shape index (κ1) is 14.9. The number of nitrogens with two attached hydrogens (primary N) is 1. The van der Waals surface area contributed by atoms with Gasteiger partial charge in [-0.2, -0.15) is 0 Å². The van der Waals surface area contributed by atoms with Gasteiger partial charge in [-0.05, 0) is 31.4 Å². The molecule has 0 aliphatic rings. The van der Waals surface area contributed by atoms with Gasteiger partial charge in [-0.1, -0.05) is 31.9 Å². The first-order valence-electron chi connectivity index (χ1n) is 6.14. The van der Waals surface area contributed by atoms with Gasteiger partial charge < -0.3 is 0 Å². The zero-order chi connectivity index (χ0) is 13.6. The summed E-state index contributed by atoms with van der Waals surface area (Å²) >= 11 is 0. The fourth-order valence-corrected chi connectivity index (χ4v) is 2.58. The molecule has 0 spiro atoms. The third-order valence-corrected chi connectivity index (χ3v) is 3.65. The third-order valence-electron chi connectivity index (χ3n) is 2.78. The van der Waals surface area contributed by atoms with Crippen LogP contribution in [0.2, 0.25) is 0 Å². The Hall–Kier alpha value is -1.20. The van der Waals surface area contributed by atoms with Gasteiger partial charge in [0.2, 0.25) is 0 Å². The first-order chi connectivity index (χ1) is 8.50. The maximum atomic E-state index is 11.5. The van der Waals surface area contributed by atoms with E-state index in [0.717, 1.165) is 31.3 Å². The van der Waals surface area contributed by atoms with Gasteiger partial charge in [0.05, 0.1) is 0 Å². The number of sulfonamides is 1. The summed E-state index contributed by atoms with van der Waals surface area (Å²) in [5.74, 6) is 0. The van der Waals surface area contributed by atoms with Crippen molar-refractivity contribution in [1.82, 2.24) is 4.98 Å². The van der Waals surface area contributed by atoms with E-state index in [1.807, 2.05) is 13.0 Å². The van der Waals surface area contributed by atoms with E-state index in [2.05, 4.69) is 11.9 Å². The van der Waals surface area contributed by atoms with Crippen molar-refractivity contribution in [3.8, 4) is 0 Å². The topological polar surface area (TPSA) is 73.0 Å². The van der Waals surface area contributed by atoms with E-state index >= 15 is 0 Å². The van der Waals surface area contributed by atoms with E-state index < -0.39 is 10.0 Å². The van der Waals surface area contributed by atoms with Crippen LogP contribution in [0.15, 0.2) is 29.4 Å². The lowest BCUT2D eigenvalue weighted by atomic mass is 10.0. The number of aromatic nitrogens is 1. The second-order valence-electron chi connectivity index (χ2n) is 4.17. The highest BCUT2D eigenvalue weighted by atomic mass is 32.2. The van der Waals surface area contributed by atoms with E-state index in [4.69, 9.17) is 5.14 Å². The first-order valence-corrected chi connectivity index (χ1v) is 7.68. The van der Waals surface area contributed by atoms with Crippen LogP contribution in [0, 0.1) is 0 Å². The number of allylic oxidation sites excluding steroid dienone is 2. The van der Waals surface area contributed by atoms with Crippen LogP contribution in [0.1, 0.15) is 45.1 Å². The van der Waals surface area contributed by atoms with Crippen molar-refractivity contribution in [3.63, 3.8) is 0 Å². The summed E-state index contributed by atoms with van der Waals surface area (Å²) in [7, 11) is -3.77. The molecule has 4 nitrogen and oxygen atoms in total. The Morgan fingerprint density at radius 3 is 2.72 bits per heavy atom. The maximum Gasteiger partial charge on any atom is 0.256 e. The van der Waals surface area contributed by atoms with E-state index in [-0.39, 0.29) is 5.03 Å². The average molecular weight is 268 g/mol. The van der Waals surface area contributed by atoms with Gasteiger partial charge in [0.15, 0.2) is 5.03 Å². The molecule has 2 N–H and O–H groups in total. The lowest BCUT2D eigenvalue weighted by Gasteiger charge is -2.10. The molecule has 0 radical (unpaired) electrons. The lowest BCUT2D eigenvalue weighted by Crippen LogP contribution is -2.16. The van der Waals surface area contributed by atoms with E-state index in [1.54, 1.807) is 12.1 Å². The minimum Gasteiger partial charge on any atom is -0.243 e. The highest BCUT2D eigenvalue weighted by molar-refractivity contribution is 7.89. The van der Waals surface area contributed by atoms with Gasteiger partial charge in [0.25, 0.3) is 10.0 Å². The van der Waals surface area contributed by atoms with Gasteiger partial charge in [-0.3, -0.25) is 0 Å². The molecule has 1 aromatic heterocycles. The largest absolute Gasteiger partial charge is 0.256 e. The van der Waals surface area contributed by atoms with Crippen molar-refractivity contribution in [1.29, 1.82) is 0 Å². The lowest BCUT2D eigenvalue weighted by molar-refractivity contribution is 0.593. The Morgan fingerprint density at radius 2 is 2.17 bits per heavy atom. The summed E-state index contributed by atoms with van der Waals surface area (Å²) < 4.78 is 23.0. The highest BCUT2D eigenvalue weighted by Crippen LogP contribution is 2.25. The van der Waals surface area contributed by atoms with Gasteiger partial charge in [-0.15, -0.1) is 0 Å². The molecule has 0 aliphatic heterocycles. The molecule has 0 atom stereocenters. The molecular weight excluding hydrogens is 248 g/mol. The Bertz CT molecular complexity index is 522. The Balaban J connectivity index is 3.08. The zero-order valence-electron chi connectivity index (χ0n) is 10.9. The second-order valence-corrected chi connectivity index (χ2v) is 5.65. The van der Waals surface area contributed by atoms with E-state index in [1.165, 1.54) is 6.20 Å². The number of unbranched alkanes of at least 4 members (excludes halogenated alkanes) is 2. The Kier molecular flexibility index (Phi) is 5.50. The number of rotatable bonds is 6. The van der Waals surface area contributed by atoms with Crippen LogP contribution in [-0.2, 0) is 10.0 Å². The summed E-state index contributed by atoms with van der Waals surface area (Å²) in [6.07, 6.45) is 7.52. The van der Waals surface area contributed by atoms with Gasteiger partial charge in [0, 0.05) is 11.8 Å². The monoisotopic (exact) mass is 268 g/mol. The van der Waals surface area contributed by atoms with Crippen LogP contribution in [-0.4, -0.2) is 13.4 Å². The summed E-state index contributed by atoms with van der Waals surface area (Å²) in [4.78, 5) is 3.89. The van der Waals surface area contributed by atoms with Crippen LogP contribution in [0.5, 0.6) is 0 Å². The predicted molar refractivity (Wildman–Crippen MR) is 73.4 cm³/mol. The minimum absolute atomic E-state index is 0.0328. The van der Waals surface area contributed by atoms with Crippen molar-refractivity contribution in [2.24, 2.45) is 5.14 Å². The van der Waals surface area contributed by atoms with Crippen LogP contribution in [0.25, 0.3) is 5.57 Å². The average Bonchev–Trinajstić information content (AvgIpc) is 2.34. The Labute approximate surface area is 109 Å². The molecular formula is C13H20N2O2S.